The molecule has 0 saturated heterocycles. The van der Waals surface area contributed by atoms with Gasteiger partial charge < -0.3 is 10.6 Å². The van der Waals surface area contributed by atoms with Crippen molar-refractivity contribution in [1.82, 2.24) is 15.6 Å². The molecule has 0 atom stereocenters. The number of amides is 2. The summed E-state index contributed by atoms with van der Waals surface area (Å²) in [5.74, 6) is 0. The summed E-state index contributed by atoms with van der Waals surface area (Å²) in [4.78, 5) is 16.0. The molecule has 5 nitrogen and oxygen atoms in total. The van der Waals surface area contributed by atoms with E-state index in [1.807, 2.05) is 31.2 Å². The van der Waals surface area contributed by atoms with Crippen molar-refractivity contribution in [2.75, 3.05) is 0 Å². The van der Waals surface area contributed by atoms with Crippen LogP contribution >= 0.6 is 0 Å². The standard InChI is InChI=1S/C16H16N4O/c1-12-4-2-7-15(20-12)11-19-16(21)18-10-14-6-3-5-13(8-14)9-17/h2-8H,10-11H2,1H3,(H2,18,19,21). The minimum Gasteiger partial charge on any atom is -0.334 e. The van der Waals surface area contributed by atoms with Crippen LogP contribution in [0, 0.1) is 18.3 Å². The van der Waals surface area contributed by atoms with Crippen molar-refractivity contribution in [3.05, 3.63) is 65.0 Å². The fourth-order valence-electron chi connectivity index (χ4n) is 1.86. The molecule has 0 aliphatic heterocycles. The third-order valence-electron chi connectivity index (χ3n) is 2.89. The number of aromatic nitrogens is 1. The average molecular weight is 280 g/mol. The van der Waals surface area contributed by atoms with Crippen molar-refractivity contribution in [2.45, 2.75) is 20.0 Å². The predicted octanol–water partition coefficient (Wildman–Crippen LogP) is 2.26. The number of hydrogen-bond acceptors (Lipinski definition) is 3. The largest absolute Gasteiger partial charge is 0.334 e. The number of aryl methyl sites for hydroxylation is 1. The van der Waals surface area contributed by atoms with E-state index >= 15 is 0 Å². The van der Waals surface area contributed by atoms with Crippen molar-refractivity contribution in [1.29, 1.82) is 5.26 Å². The molecule has 5 heteroatoms. The maximum atomic E-state index is 11.7. The number of pyridine rings is 1. The van der Waals surface area contributed by atoms with Crippen LogP contribution < -0.4 is 10.6 Å². The van der Waals surface area contributed by atoms with E-state index in [9.17, 15) is 4.79 Å². The lowest BCUT2D eigenvalue weighted by atomic mass is 10.1. The molecule has 0 saturated carbocycles. The monoisotopic (exact) mass is 280 g/mol. The summed E-state index contributed by atoms with van der Waals surface area (Å²) >= 11 is 0. The van der Waals surface area contributed by atoms with Gasteiger partial charge in [-0.15, -0.1) is 0 Å². The van der Waals surface area contributed by atoms with Crippen molar-refractivity contribution < 1.29 is 4.79 Å². The number of benzene rings is 1. The van der Waals surface area contributed by atoms with Crippen LogP contribution in [0.25, 0.3) is 0 Å². The number of carbonyl (C=O) groups excluding carboxylic acids is 1. The van der Waals surface area contributed by atoms with E-state index in [4.69, 9.17) is 5.26 Å². The summed E-state index contributed by atoms with van der Waals surface area (Å²) in [5, 5.41) is 14.3. The van der Waals surface area contributed by atoms with Crippen LogP contribution in [0.3, 0.4) is 0 Å². The number of urea groups is 1. The van der Waals surface area contributed by atoms with Crippen molar-refractivity contribution in [3.63, 3.8) is 0 Å². The lowest BCUT2D eigenvalue weighted by Crippen LogP contribution is -2.34. The van der Waals surface area contributed by atoms with Gasteiger partial charge in [0.25, 0.3) is 0 Å². The van der Waals surface area contributed by atoms with Gasteiger partial charge in [0.2, 0.25) is 0 Å². The van der Waals surface area contributed by atoms with Gasteiger partial charge in [0.15, 0.2) is 0 Å². The third-order valence-corrected chi connectivity index (χ3v) is 2.89. The molecular weight excluding hydrogens is 264 g/mol. The van der Waals surface area contributed by atoms with E-state index < -0.39 is 0 Å². The Morgan fingerprint density at radius 3 is 2.71 bits per heavy atom. The molecule has 106 valence electrons. The van der Waals surface area contributed by atoms with Gasteiger partial charge in [-0.3, -0.25) is 4.98 Å². The zero-order chi connectivity index (χ0) is 15.1. The molecule has 0 aliphatic rings. The van der Waals surface area contributed by atoms with E-state index in [1.54, 1.807) is 18.2 Å². The normalized spacial score (nSPS) is 9.71. The summed E-state index contributed by atoms with van der Waals surface area (Å²) in [6.45, 7) is 2.67. The third kappa shape index (κ3) is 4.62. The Balaban J connectivity index is 1.81. The topological polar surface area (TPSA) is 77.8 Å². The highest BCUT2D eigenvalue weighted by atomic mass is 16.2. The average Bonchev–Trinajstić information content (AvgIpc) is 2.51. The Morgan fingerprint density at radius 1 is 1.19 bits per heavy atom. The fraction of sp³-hybridized carbons (Fsp3) is 0.188. The molecule has 0 bridgehead atoms. The Kier molecular flexibility index (Phi) is 4.89. The molecular formula is C16H16N4O. The first-order valence-electron chi connectivity index (χ1n) is 6.60. The molecule has 2 rings (SSSR count). The molecule has 0 aliphatic carbocycles. The van der Waals surface area contributed by atoms with Gasteiger partial charge in [0.05, 0.1) is 23.9 Å². The minimum atomic E-state index is -0.263. The van der Waals surface area contributed by atoms with E-state index in [-0.39, 0.29) is 6.03 Å². The van der Waals surface area contributed by atoms with Crippen LogP contribution in [0.2, 0.25) is 0 Å². The number of carbonyl (C=O) groups is 1. The van der Waals surface area contributed by atoms with E-state index in [2.05, 4.69) is 21.7 Å². The zero-order valence-electron chi connectivity index (χ0n) is 11.8. The molecule has 1 aromatic heterocycles. The number of nitriles is 1. The summed E-state index contributed by atoms with van der Waals surface area (Å²) in [7, 11) is 0. The second-order valence-electron chi connectivity index (χ2n) is 4.62. The highest BCUT2D eigenvalue weighted by Crippen LogP contribution is 2.03. The zero-order valence-corrected chi connectivity index (χ0v) is 11.8. The summed E-state index contributed by atoms with van der Waals surface area (Å²) in [6, 6.07) is 14.6. The molecule has 0 fully saturated rings. The Bertz CT molecular complexity index is 676. The van der Waals surface area contributed by atoms with Gasteiger partial charge in [-0.05, 0) is 36.8 Å². The molecule has 21 heavy (non-hydrogen) atoms. The molecule has 2 N–H and O–H groups in total. The molecule has 0 radical (unpaired) electrons. The van der Waals surface area contributed by atoms with Gasteiger partial charge in [-0.1, -0.05) is 18.2 Å². The lowest BCUT2D eigenvalue weighted by Gasteiger charge is -2.08. The van der Waals surface area contributed by atoms with Crippen LogP contribution in [0.15, 0.2) is 42.5 Å². The number of nitrogens with one attached hydrogen (secondary N) is 2. The van der Waals surface area contributed by atoms with Crippen LogP contribution in [-0.2, 0) is 13.1 Å². The first-order chi connectivity index (χ1) is 10.2. The smallest absolute Gasteiger partial charge is 0.315 e. The van der Waals surface area contributed by atoms with Gasteiger partial charge in [0, 0.05) is 12.2 Å². The van der Waals surface area contributed by atoms with Gasteiger partial charge in [-0.25, -0.2) is 4.79 Å². The van der Waals surface area contributed by atoms with Crippen molar-refractivity contribution in [2.24, 2.45) is 0 Å². The summed E-state index contributed by atoms with van der Waals surface area (Å²) < 4.78 is 0. The number of nitrogens with zero attached hydrogens (tertiary/aromatic N) is 2. The fourth-order valence-corrected chi connectivity index (χ4v) is 1.86. The number of rotatable bonds is 4. The molecule has 0 spiro atoms. The van der Waals surface area contributed by atoms with Gasteiger partial charge in [0.1, 0.15) is 0 Å². The Labute approximate surface area is 123 Å². The van der Waals surface area contributed by atoms with Crippen molar-refractivity contribution >= 4 is 6.03 Å². The SMILES string of the molecule is Cc1cccc(CNC(=O)NCc2cccc(C#N)c2)n1. The van der Waals surface area contributed by atoms with Crippen LogP contribution in [0.1, 0.15) is 22.5 Å². The highest BCUT2D eigenvalue weighted by molar-refractivity contribution is 5.73. The molecule has 2 amide bonds. The Morgan fingerprint density at radius 2 is 1.95 bits per heavy atom. The second kappa shape index (κ2) is 7.06. The molecule has 2 aromatic rings. The quantitative estimate of drug-likeness (QED) is 0.901. The first kappa shape index (κ1) is 14.5. The van der Waals surface area contributed by atoms with Gasteiger partial charge >= 0.3 is 6.03 Å². The summed E-state index contributed by atoms with van der Waals surface area (Å²) in [5.41, 5.74) is 3.20. The predicted molar refractivity (Wildman–Crippen MR) is 79.2 cm³/mol. The highest BCUT2D eigenvalue weighted by Gasteiger charge is 2.02. The maximum absolute atomic E-state index is 11.7. The number of hydrogen-bond donors (Lipinski definition) is 2. The maximum Gasteiger partial charge on any atom is 0.315 e. The van der Waals surface area contributed by atoms with Gasteiger partial charge in [-0.2, -0.15) is 5.26 Å². The second-order valence-corrected chi connectivity index (χ2v) is 4.62. The molecule has 0 unspecified atom stereocenters. The van der Waals surface area contributed by atoms with E-state index in [1.165, 1.54) is 0 Å². The summed E-state index contributed by atoms with van der Waals surface area (Å²) in [6.07, 6.45) is 0. The van der Waals surface area contributed by atoms with Crippen molar-refractivity contribution in [3.8, 4) is 6.07 Å². The van der Waals surface area contributed by atoms with E-state index in [0.717, 1.165) is 17.0 Å². The molecule has 1 aromatic carbocycles. The van der Waals surface area contributed by atoms with Crippen LogP contribution in [0.5, 0.6) is 0 Å². The Hall–Kier alpha value is -2.87. The minimum absolute atomic E-state index is 0.263. The van der Waals surface area contributed by atoms with Crippen LogP contribution in [-0.4, -0.2) is 11.0 Å². The van der Waals surface area contributed by atoms with E-state index in [0.29, 0.717) is 18.7 Å². The molecule has 1 heterocycles. The first-order valence-corrected chi connectivity index (χ1v) is 6.60. The lowest BCUT2D eigenvalue weighted by molar-refractivity contribution is 0.240. The van der Waals surface area contributed by atoms with Crippen LogP contribution in [0.4, 0.5) is 4.79 Å².